The first-order valence-corrected chi connectivity index (χ1v) is 8.92. The van der Waals surface area contributed by atoms with Crippen molar-refractivity contribution < 1.29 is 9.90 Å². The molecule has 0 bridgehead atoms. The van der Waals surface area contributed by atoms with Crippen molar-refractivity contribution in [2.24, 2.45) is 5.92 Å². The molecule has 1 aromatic carbocycles. The topological polar surface area (TPSA) is 53.4 Å². The molecule has 0 radical (unpaired) electrons. The number of nitrogens with zero attached hydrogens (tertiary/aromatic N) is 2. The summed E-state index contributed by atoms with van der Waals surface area (Å²) in [6, 6.07) is 7.71. The number of carbonyl (C=O) groups is 1. The second kappa shape index (κ2) is 6.81. The van der Waals surface area contributed by atoms with E-state index in [1.54, 1.807) is 11.3 Å². The molecule has 3 rings (SSSR count). The summed E-state index contributed by atoms with van der Waals surface area (Å²) < 4.78 is 0. The summed E-state index contributed by atoms with van der Waals surface area (Å²) in [5.41, 5.74) is 2.71. The van der Waals surface area contributed by atoms with E-state index in [1.165, 1.54) is 0 Å². The average molecular weight is 330 g/mol. The van der Waals surface area contributed by atoms with E-state index in [2.05, 4.69) is 4.98 Å². The lowest BCUT2D eigenvalue weighted by Crippen LogP contribution is -2.40. The van der Waals surface area contributed by atoms with E-state index >= 15 is 0 Å². The molecule has 0 spiro atoms. The molecular formula is C18H22N2O2S. The Kier molecular flexibility index (Phi) is 4.78. The number of aliphatic hydroxyl groups excluding tert-OH is 1. The Morgan fingerprint density at radius 2 is 2.13 bits per heavy atom. The molecule has 2 aromatic rings. The van der Waals surface area contributed by atoms with Gasteiger partial charge in [0.2, 0.25) is 0 Å². The second-order valence-electron chi connectivity index (χ2n) is 6.25. The third kappa shape index (κ3) is 3.62. The highest BCUT2D eigenvalue weighted by atomic mass is 32.1. The van der Waals surface area contributed by atoms with Crippen molar-refractivity contribution in [2.75, 3.05) is 13.1 Å². The fourth-order valence-electron chi connectivity index (χ4n) is 3.04. The van der Waals surface area contributed by atoms with Crippen LogP contribution >= 0.6 is 11.3 Å². The maximum absolute atomic E-state index is 12.7. The minimum atomic E-state index is -0.288. The molecule has 1 N–H and O–H groups in total. The number of aliphatic hydroxyl groups is 1. The van der Waals surface area contributed by atoms with Gasteiger partial charge in [-0.1, -0.05) is 12.1 Å². The van der Waals surface area contributed by atoms with Crippen LogP contribution in [-0.2, 0) is 0 Å². The van der Waals surface area contributed by atoms with Crippen LogP contribution in [0.1, 0.15) is 35.8 Å². The number of thiazole rings is 1. The van der Waals surface area contributed by atoms with Gasteiger partial charge in [-0.3, -0.25) is 4.79 Å². The van der Waals surface area contributed by atoms with Crippen molar-refractivity contribution in [3.05, 3.63) is 40.9 Å². The van der Waals surface area contributed by atoms with Crippen LogP contribution in [0.3, 0.4) is 0 Å². The maximum Gasteiger partial charge on any atom is 0.253 e. The summed E-state index contributed by atoms with van der Waals surface area (Å²) in [6.45, 7) is 5.24. The smallest absolute Gasteiger partial charge is 0.253 e. The number of piperidine rings is 1. The van der Waals surface area contributed by atoms with Crippen LogP contribution in [-0.4, -0.2) is 40.1 Å². The van der Waals surface area contributed by atoms with Gasteiger partial charge in [0, 0.05) is 35.3 Å². The minimum absolute atomic E-state index is 0.0733. The van der Waals surface area contributed by atoms with E-state index in [0.717, 1.165) is 42.2 Å². The molecule has 4 nitrogen and oxygen atoms in total. The van der Waals surface area contributed by atoms with Crippen molar-refractivity contribution in [3.8, 4) is 10.6 Å². The normalized spacial score (nSPS) is 17.3. The van der Waals surface area contributed by atoms with Crippen molar-refractivity contribution in [2.45, 2.75) is 32.8 Å². The predicted octanol–water partition coefficient (Wildman–Crippen LogP) is 3.35. The van der Waals surface area contributed by atoms with E-state index < -0.39 is 0 Å². The lowest BCUT2D eigenvalue weighted by Gasteiger charge is -2.33. The average Bonchev–Trinajstić information content (AvgIpc) is 3.01. The Bertz CT molecular complexity index is 688. The van der Waals surface area contributed by atoms with E-state index in [4.69, 9.17) is 0 Å². The molecule has 1 aromatic heterocycles. The molecule has 1 saturated heterocycles. The van der Waals surface area contributed by atoms with Gasteiger partial charge in [-0.15, -0.1) is 11.3 Å². The quantitative estimate of drug-likeness (QED) is 0.939. The third-order valence-electron chi connectivity index (χ3n) is 4.48. The number of amides is 1. The summed E-state index contributed by atoms with van der Waals surface area (Å²) in [5, 5.41) is 12.6. The van der Waals surface area contributed by atoms with Gasteiger partial charge < -0.3 is 10.0 Å². The first-order valence-electron chi connectivity index (χ1n) is 8.04. The third-order valence-corrected chi connectivity index (χ3v) is 5.49. The molecule has 1 atom stereocenters. The zero-order valence-electron chi connectivity index (χ0n) is 13.5. The highest BCUT2D eigenvalue weighted by Gasteiger charge is 2.26. The van der Waals surface area contributed by atoms with Gasteiger partial charge in [0.1, 0.15) is 5.01 Å². The Hall–Kier alpha value is -1.72. The molecule has 0 saturated carbocycles. The van der Waals surface area contributed by atoms with Gasteiger partial charge in [-0.25, -0.2) is 4.98 Å². The molecule has 5 heteroatoms. The molecule has 1 unspecified atom stereocenters. The van der Waals surface area contributed by atoms with E-state index in [-0.39, 0.29) is 12.0 Å². The van der Waals surface area contributed by atoms with Crippen molar-refractivity contribution in [1.82, 2.24) is 9.88 Å². The molecule has 122 valence electrons. The minimum Gasteiger partial charge on any atom is -0.393 e. The number of hydrogen-bond donors (Lipinski definition) is 1. The maximum atomic E-state index is 12.7. The van der Waals surface area contributed by atoms with Crippen LogP contribution in [0.4, 0.5) is 0 Å². The number of benzene rings is 1. The second-order valence-corrected chi connectivity index (χ2v) is 7.10. The molecule has 1 fully saturated rings. The fraction of sp³-hybridized carbons (Fsp3) is 0.444. The van der Waals surface area contributed by atoms with Crippen LogP contribution in [0.5, 0.6) is 0 Å². The summed E-state index contributed by atoms with van der Waals surface area (Å²) >= 11 is 1.60. The zero-order chi connectivity index (χ0) is 16.4. The number of aryl methyl sites for hydroxylation is 1. The van der Waals surface area contributed by atoms with Crippen LogP contribution in [0, 0.1) is 12.8 Å². The number of rotatable bonds is 3. The van der Waals surface area contributed by atoms with Gasteiger partial charge in [-0.2, -0.15) is 0 Å². The summed E-state index contributed by atoms with van der Waals surface area (Å²) in [7, 11) is 0. The number of aromatic nitrogens is 1. The fourth-order valence-corrected chi connectivity index (χ4v) is 3.83. The molecule has 0 aliphatic carbocycles. The van der Waals surface area contributed by atoms with Gasteiger partial charge >= 0.3 is 0 Å². The Morgan fingerprint density at radius 3 is 2.74 bits per heavy atom. The van der Waals surface area contributed by atoms with Crippen LogP contribution in [0.2, 0.25) is 0 Å². The molecule has 1 aliphatic rings. The SMILES string of the molecule is Cc1csc(-c2cccc(C(=O)N3CCC(C(C)O)CC3)c2)n1. The molecular weight excluding hydrogens is 308 g/mol. The van der Waals surface area contributed by atoms with Gasteiger partial charge in [0.05, 0.1) is 6.10 Å². The van der Waals surface area contributed by atoms with Crippen molar-refractivity contribution in [3.63, 3.8) is 0 Å². The summed E-state index contributed by atoms with van der Waals surface area (Å²) in [5.74, 6) is 0.382. The standard InChI is InChI=1S/C18H22N2O2S/c1-12-11-23-17(19-12)15-4-3-5-16(10-15)18(22)20-8-6-14(7-9-20)13(2)21/h3-5,10-11,13-14,21H,6-9H2,1-2H3. The lowest BCUT2D eigenvalue weighted by molar-refractivity contribution is 0.0521. The summed E-state index contributed by atoms with van der Waals surface area (Å²) in [6.07, 6.45) is 1.45. The van der Waals surface area contributed by atoms with Crippen LogP contribution < -0.4 is 0 Å². The van der Waals surface area contributed by atoms with Gasteiger partial charge in [0.25, 0.3) is 5.91 Å². The molecule has 23 heavy (non-hydrogen) atoms. The van der Waals surface area contributed by atoms with E-state index in [0.29, 0.717) is 11.5 Å². The highest BCUT2D eigenvalue weighted by Crippen LogP contribution is 2.26. The number of carbonyl (C=O) groups excluding carboxylic acids is 1. The van der Waals surface area contributed by atoms with E-state index in [1.807, 2.05) is 48.4 Å². The van der Waals surface area contributed by atoms with Crippen LogP contribution in [0.25, 0.3) is 10.6 Å². The van der Waals surface area contributed by atoms with Crippen molar-refractivity contribution >= 4 is 17.2 Å². The largest absolute Gasteiger partial charge is 0.393 e. The lowest BCUT2D eigenvalue weighted by atomic mass is 9.92. The Morgan fingerprint density at radius 1 is 1.39 bits per heavy atom. The highest BCUT2D eigenvalue weighted by molar-refractivity contribution is 7.13. The summed E-state index contributed by atoms with van der Waals surface area (Å²) in [4.78, 5) is 19.1. The Labute approximate surface area is 140 Å². The van der Waals surface area contributed by atoms with Crippen molar-refractivity contribution in [1.29, 1.82) is 0 Å². The number of hydrogen-bond acceptors (Lipinski definition) is 4. The molecule has 1 amide bonds. The monoisotopic (exact) mass is 330 g/mol. The Balaban J connectivity index is 1.73. The first kappa shape index (κ1) is 16.1. The molecule has 2 heterocycles. The van der Waals surface area contributed by atoms with E-state index in [9.17, 15) is 9.90 Å². The number of likely N-dealkylation sites (tertiary alicyclic amines) is 1. The van der Waals surface area contributed by atoms with Gasteiger partial charge in [-0.05, 0) is 44.7 Å². The molecule has 1 aliphatic heterocycles. The first-order chi connectivity index (χ1) is 11.0. The van der Waals surface area contributed by atoms with Gasteiger partial charge in [0.15, 0.2) is 0 Å². The predicted molar refractivity (Wildman–Crippen MR) is 92.6 cm³/mol. The van der Waals surface area contributed by atoms with Crippen LogP contribution in [0.15, 0.2) is 29.6 Å². The zero-order valence-corrected chi connectivity index (χ0v) is 14.3.